The minimum atomic E-state index is -4.30. The lowest BCUT2D eigenvalue weighted by atomic mass is 10.1. The van der Waals surface area contributed by atoms with Gasteiger partial charge in [-0.05, 0) is 20.3 Å². The van der Waals surface area contributed by atoms with E-state index in [1.165, 1.54) is 0 Å². The molecule has 0 amide bonds. The molecule has 0 aliphatic carbocycles. The van der Waals surface area contributed by atoms with Gasteiger partial charge in [-0.1, -0.05) is 5.16 Å². The third-order valence-electron chi connectivity index (χ3n) is 3.97. The highest BCUT2D eigenvalue weighted by atomic mass is 19.4. The summed E-state index contributed by atoms with van der Waals surface area (Å²) in [5.41, 5.74) is 1.69. The molecule has 0 saturated carbocycles. The van der Waals surface area contributed by atoms with Gasteiger partial charge in [0.25, 0.3) is 0 Å². The Bertz CT molecular complexity index is 687. The van der Waals surface area contributed by atoms with E-state index in [2.05, 4.69) is 15.2 Å². The van der Waals surface area contributed by atoms with Crippen LogP contribution in [0.1, 0.15) is 41.0 Å². The largest absolute Gasteiger partial charge is 0.408 e. The van der Waals surface area contributed by atoms with Crippen LogP contribution in [-0.2, 0) is 17.7 Å². The summed E-state index contributed by atoms with van der Waals surface area (Å²) in [6.07, 6.45) is -3.18. The Morgan fingerprint density at radius 3 is 2.74 bits per heavy atom. The second-order valence-corrected chi connectivity index (χ2v) is 5.71. The lowest BCUT2D eigenvalue weighted by molar-refractivity contribution is -0.142. The van der Waals surface area contributed by atoms with Gasteiger partial charge in [-0.25, -0.2) is 0 Å². The summed E-state index contributed by atoms with van der Waals surface area (Å²) < 4.78 is 49.1. The fourth-order valence-corrected chi connectivity index (χ4v) is 2.71. The number of aromatic nitrogens is 4. The maximum Gasteiger partial charge on any atom is 0.408 e. The van der Waals surface area contributed by atoms with Gasteiger partial charge < -0.3 is 9.26 Å². The summed E-state index contributed by atoms with van der Waals surface area (Å²) in [6.45, 7) is 3.44. The highest BCUT2D eigenvalue weighted by Gasteiger charge is 2.30. The van der Waals surface area contributed by atoms with Gasteiger partial charge in [0, 0.05) is 23.8 Å². The van der Waals surface area contributed by atoms with Crippen LogP contribution >= 0.6 is 0 Å². The van der Waals surface area contributed by atoms with Gasteiger partial charge in [0.05, 0.1) is 18.7 Å². The van der Waals surface area contributed by atoms with Crippen LogP contribution in [0.2, 0.25) is 0 Å². The molecule has 0 bridgehead atoms. The molecule has 0 unspecified atom stereocenters. The second-order valence-electron chi connectivity index (χ2n) is 5.71. The van der Waals surface area contributed by atoms with Crippen LogP contribution in [0.3, 0.4) is 0 Å². The molecule has 3 heterocycles. The highest BCUT2D eigenvalue weighted by molar-refractivity contribution is 5.27. The molecule has 1 atom stereocenters. The SMILES string of the molecule is Cc1nn(CC(F)(F)F)c(C)c1Cc1nc([C@H]2CCOC2)no1. The van der Waals surface area contributed by atoms with E-state index >= 15 is 0 Å². The molecule has 23 heavy (non-hydrogen) atoms. The van der Waals surface area contributed by atoms with E-state index < -0.39 is 12.7 Å². The van der Waals surface area contributed by atoms with Crippen molar-refractivity contribution in [2.75, 3.05) is 13.2 Å². The molecule has 0 aromatic carbocycles. The van der Waals surface area contributed by atoms with Crippen molar-refractivity contribution in [1.29, 1.82) is 0 Å². The summed E-state index contributed by atoms with van der Waals surface area (Å²) in [6, 6.07) is 0. The number of hydrogen-bond acceptors (Lipinski definition) is 5. The number of nitrogens with zero attached hydrogens (tertiary/aromatic N) is 4. The van der Waals surface area contributed by atoms with Gasteiger partial charge in [0.2, 0.25) is 5.89 Å². The van der Waals surface area contributed by atoms with Crippen molar-refractivity contribution in [1.82, 2.24) is 19.9 Å². The molecule has 1 aliphatic rings. The summed E-state index contributed by atoms with van der Waals surface area (Å²) in [4.78, 5) is 4.34. The van der Waals surface area contributed by atoms with Crippen molar-refractivity contribution in [3.63, 3.8) is 0 Å². The normalized spacial score (nSPS) is 18.7. The number of alkyl halides is 3. The van der Waals surface area contributed by atoms with Crippen molar-refractivity contribution in [2.45, 2.75) is 45.3 Å². The predicted octanol–water partition coefficient (Wildman–Crippen LogP) is 2.54. The summed E-state index contributed by atoms with van der Waals surface area (Å²) in [5, 5.41) is 7.91. The first-order valence-corrected chi connectivity index (χ1v) is 7.33. The maximum absolute atomic E-state index is 12.6. The number of aryl methyl sites for hydroxylation is 1. The Morgan fingerprint density at radius 1 is 1.30 bits per heavy atom. The van der Waals surface area contributed by atoms with Crippen LogP contribution in [0.4, 0.5) is 13.2 Å². The molecule has 1 fully saturated rings. The molecule has 1 saturated heterocycles. The molecule has 0 spiro atoms. The zero-order valence-electron chi connectivity index (χ0n) is 12.9. The lowest BCUT2D eigenvalue weighted by Gasteiger charge is -2.08. The smallest absolute Gasteiger partial charge is 0.381 e. The number of hydrogen-bond donors (Lipinski definition) is 0. The number of ether oxygens (including phenoxy) is 1. The molecule has 0 N–H and O–H groups in total. The highest BCUT2D eigenvalue weighted by Crippen LogP contribution is 2.25. The second kappa shape index (κ2) is 5.95. The first-order valence-electron chi connectivity index (χ1n) is 7.33. The topological polar surface area (TPSA) is 66.0 Å². The summed E-state index contributed by atoms with van der Waals surface area (Å²) in [5.74, 6) is 1.10. The fraction of sp³-hybridized carbons (Fsp3) is 0.643. The Kier molecular flexibility index (Phi) is 4.13. The average molecular weight is 330 g/mol. The van der Waals surface area contributed by atoms with Crippen LogP contribution in [0.25, 0.3) is 0 Å². The molecule has 2 aromatic rings. The minimum Gasteiger partial charge on any atom is -0.381 e. The van der Waals surface area contributed by atoms with Crippen LogP contribution in [0.15, 0.2) is 4.52 Å². The molecular weight excluding hydrogens is 313 g/mol. The quantitative estimate of drug-likeness (QED) is 0.862. The Hall–Kier alpha value is -1.90. The van der Waals surface area contributed by atoms with Gasteiger partial charge in [-0.2, -0.15) is 23.3 Å². The number of halogens is 3. The summed E-state index contributed by atoms with van der Waals surface area (Å²) in [7, 11) is 0. The van der Waals surface area contributed by atoms with Crippen molar-refractivity contribution in [3.05, 3.63) is 28.7 Å². The summed E-state index contributed by atoms with van der Waals surface area (Å²) >= 11 is 0. The Balaban J connectivity index is 1.77. The van der Waals surface area contributed by atoms with Crippen LogP contribution < -0.4 is 0 Å². The molecule has 9 heteroatoms. The predicted molar refractivity (Wildman–Crippen MR) is 73.0 cm³/mol. The van der Waals surface area contributed by atoms with E-state index in [0.29, 0.717) is 41.9 Å². The fourth-order valence-electron chi connectivity index (χ4n) is 2.71. The monoisotopic (exact) mass is 330 g/mol. The van der Waals surface area contributed by atoms with E-state index in [4.69, 9.17) is 9.26 Å². The van der Waals surface area contributed by atoms with Crippen molar-refractivity contribution in [3.8, 4) is 0 Å². The van der Waals surface area contributed by atoms with Gasteiger partial charge in [0.15, 0.2) is 5.82 Å². The Labute approximate surface area is 130 Å². The molecule has 3 rings (SSSR count). The Morgan fingerprint density at radius 2 is 2.09 bits per heavy atom. The molecule has 1 aliphatic heterocycles. The molecule has 0 radical (unpaired) electrons. The van der Waals surface area contributed by atoms with Crippen molar-refractivity contribution in [2.24, 2.45) is 0 Å². The zero-order valence-corrected chi connectivity index (χ0v) is 12.9. The van der Waals surface area contributed by atoms with Gasteiger partial charge in [0.1, 0.15) is 6.54 Å². The van der Waals surface area contributed by atoms with Crippen LogP contribution in [0, 0.1) is 13.8 Å². The lowest BCUT2D eigenvalue weighted by Crippen LogP contribution is -2.19. The number of rotatable bonds is 4. The van der Waals surface area contributed by atoms with Crippen LogP contribution in [-0.4, -0.2) is 39.3 Å². The maximum atomic E-state index is 12.6. The van der Waals surface area contributed by atoms with E-state index in [9.17, 15) is 13.2 Å². The first-order chi connectivity index (χ1) is 10.8. The van der Waals surface area contributed by atoms with Gasteiger partial charge >= 0.3 is 6.18 Å². The molecule has 2 aromatic heterocycles. The first kappa shape index (κ1) is 16.0. The van der Waals surface area contributed by atoms with Gasteiger partial charge in [-0.3, -0.25) is 4.68 Å². The molecular formula is C14H17F3N4O2. The minimum absolute atomic E-state index is 0.127. The molecule has 126 valence electrons. The standard InChI is InChI=1S/C14H17F3N4O2/c1-8-11(9(2)21(19-8)7-14(15,16)17)5-12-18-13(20-23-12)10-3-4-22-6-10/h10H,3-7H2,1-2H3/t10-/m0/s1. The van der Waals surface area contributed by atoms with E-state index in [-0.39, 0.29) is 12.3 Å². The third kappa shape index (κ3) is 3.54. The van der Waals surface area contributed by atoms with Crippen LogP contribution in [0.5, 0.6) is 0 Å². The third-order valence-corrected chi connectivity index (χ3v) is 3.97. The molecule has 6 nitrogen and oxygen atoms in total. The van der Waals surface area contributed by atoms with E-state index in [0.717, 1.165) is 11.1 Å². The van der Waals surface area contributed by atoms with E-state index in [1.807, 2.05) is 0 Å². The zero-order chi connectivity index (χ0) is 16.6. The average Bonchev–Trinajstić information content (AvgIpc) is 3.15. The van der Waals surface area contributed by atoms with E-state index in [1.54, 1.807) is 13.8 Å². The van der Waals surface area contributed by atoms with Gasteiger partial charge in [-0.15, -0.1) is 0 Å². The van der Waals surface area contributed by atoms with Crippen molar-refractivity contribution < 1.29 is 22.4 Å². The van der Waals surface area contributed by atoms with Crippen molar-refractivity contribution >= 4 is 0 Å².